The van der Waals surface area contributed by atoms with Gasteiger partial charge in [-0.3, -0.25) is 0 Å². The minimum atomic E-state index is -0.536. The summed E-state index contributed by atoms with van der Waals surface area (Å²) in [5.41, 5.74) is 28.8. The molecule has 11 aromatic rings. The molecule has 0 aromatic heterocycles. The quantitative estimate of drug-likeness (QED) is 0.135. The summed E-state index contributed by atoms with van der Waals surface area (Å²) in [7, 11) is 0. The van der Waals surface area contributed by atoms with Crippen LogP contribution >= 0.6 is 0 Å². The molecule has 0 aliphatic heterocycles. The highest BCUT2D eigenvalue weighted by molar-refractivity contribution is 5.92. The Hall–Kier alpha value is -10.0. The molecule has 2 atom stereocenters. The molecule has 0 bridgehead atoms. The largest absolute Gasteiger partial charge is 0.310 e. The van der Waals surface area contributed by atoms with Gasteiger partial charge in [0, 0.05) is 45.8 Å². The molecule has 0 N–H and O–H groups in total. The predicted octanol–water partition coefficient (Wildman–Crippen LogP) is 19.9. The van der Waals surface area contributed by atoms with Gasteiger partial charge in [0.15, 0.2) is 0 Å². The highest BCUT2D eigenvalue weighted by Gasteiger charge is 2.48. The fourth-order valence-electron chi connectivity index (χ4n) is 15.2. The van der Waals surface area contributed by atoms with E-state index in [2.05, 4.69) is 327 Å². The fourth-order valence-corrected chi connectivity index (χ4v) is 15.2. The molecule has 0 saturated heterocycles. The first-order valence-electron chi connectivity index (χ1n) is 28.9. The van der Waals surface area contributed by atoms with Gasteiger partial charge in [0.2, 0.25) is 0 Å². The molecule has 0 heterocycles. The number of nitrogens with zero attached hydrogens (tertiary/aromatic N) is 2. The number of allylic oxidation sites excluding steroid dienone is 5. The summed E-state index contributed by atoms with van der Waals surface area (Å²) in [6.45, 7) is 4.41. The Morgan fingerprint density at radius 3 is 1.24 bits per heavy atom. The summed E-state index contributed by atoms with van der Waals surface area (Å²) in [5, 5.41) is 0. The van der Waals surface area contributed by atoms with Crippen LogP contribution in [0.5, 0.6) is 0 Å². The molecule has 2 nitrogen and oxygen atoms in total. The molecule has 2 unspecified atom stereocenters. The summed E-state index contributed by atoms with van der Waals surface area (Å²) >= 11 is 0. The topological polar surface area (TPSA) is 6.48 Å². The average Bonchev–Trinajstić information content (AvgIpc) is 2.60. The van der Waals surface area contributed by atoms with Crippen molar-refractivity contribution < 1.29 is 0 Å². The molecular formula is C80H58N2. The Labute approximate surface area is 481 Å². The van der Waals surface area contributed by atoms with Crippen molar-refractivity contribution >= 4 is 40.6 Å². The Balaban J connectivity index is 0.876. The first-order chi connectivity index (χ1) is 40.5. The van der Waals surface area contributed by atoms with Crippen molar-refractivity contribution in [2.45, 2.75) is 30.6 Å². The minimum Gasteiger partial charge on any atom is -0.310 e. The van der Waals surface area contributed by atoms with E-state index in [1.54, 1.807) is 0 Å². The van der Waals surface area contributed by atoms with Crippen LogP contribution in [0.25, 0.3) is 34.4 Å². The summed E-state index contributed by atoms with van der Waals surface area (Å²) in [6, 6.07) is 100. The Bertz CT molecular complexity index is 4420. The second-order valence-corrected chi connectivity index (χ2v) is 22.8. The molecule has 388 valence electrons. The van der Waals surface area contributed by atoms with Crippen LogP contribution in [0.1, 0.15) is 78.2 Å². The van der Waals surface area contributed by atoms with Crippen molar-refractivity contribution in [1.29, 1.82) is 0 Å². The highest BCUT2D eigenvalue weighted by Crippen LogP contribution is 2.60. The number of fused-ring (bicyclic) bond motifs is 6. The van der Waals surface area contributed by atoms with Gasteiger partial charge in [0.05, 0.1) is 16.5 Å². The van der Waals surface area contributed by atoms with Crippen LogP contribution in [-0.2, 0) is 10.8 Å². The van der Waals surface area contributed by atoms with Crippen molar-refractivity contribution in [3.05, 3.63) is 375 Å². The summed E-state index contributed by atoms with van der Waals surface area (Å²) < 4.78 is 0. The molecule has 0 fully saturated rings. The minimum absolute atomic E-state index is 0.0817. The van der Waals surface area contributed by atoms with Gasteiger partial charge in [-0.05, 0) is 169 Å². The van der Waals surface area contributed by atoms with Crippen LogP contribution in [0.3, 0.4) is 0 Å². The third kappa shape index (κ3) is 7.01. The Morgan fingerprint density at radius 1 is 0.329 bits per heavy atom. The second kappa shape index (κ2) is 18.8. The zero-order chi connectivity index (χ0) is 54.5. The van der Waals surface area contributed by atoms with Crippen LogP contribution in [0.2, 0.25) is 0 Å². The van der Waals surface area contributed by atoms with Gasteiger partial charge in [-0.2, -0.15) is 0 Å². The molecule has 0 saturated carbocycles. The van der Waals surface area contributed by atoms with E-state index in [0.717, 1.165) is 28.4 Å². The first kappa shape index (κ1) is 47.9. The Kier molecular flexibility index (Phi) is 11.0. The second-order valence-electron chi connectivity index (χ2n) is 22.8. The van der Waals surface area contributed by atoms with Crippen LogP contribution in [0, 0.1) is 19.8 Å². The Morgan fingerprint density at radius 2 is 0.744 bits per heavy atom. The third-order valence-corrected chi connectivity index (χ3v) is 18.4. The maximum absolute atomic E-state index is 2.54. The molecule has 5 aliphatic rings. The zero-order valence-corrected chi connectivity index (χ0v) is 45.9. The first-order valence-corrected chi connectivity index (χ1v) is 28.9. The maximum atomic E-state index is 2.54. The van der Waals surface area contributed by atoms with Gasteiger partial charge in [-0.25, -0.2) is 0 Å². The lowest BCUT2D eigenvalue weighted by molar-refractivity contribution is 0.655. The predicted molar refractivity (Wildman–Crippen MR) is 341 cm³/mol. The summed E-state index contributed by atoms with van der Waals surface area (Å²) in [5.74, 6) is 0.256. The van der Waals surface area contributed by atoms with Crippen LogP contribution in [0.15, 0.2) is 302 Å². The number of hydrogen-bond donors (Lipinski definition) is 0. The van der Waals surface area contributed by atoms with Crippen LogP contribution in [0.4, 0.5) is 28.4 Å². The lowest BCUT2D eigenvalue weighted by Crippen LogP contribution is -2.30. The molecule has 0 spiro atoms. The summed E-state index contributed by atoms with van der Waals surface area (Å²) in [6.07, 6.45) is 14.5. The van der Waals surface area contributed by atoms with E-state index >= 15 is 0 Å². The van der Waals surface area contributed by atoms with Gasteiger partial charge in [0.25, 0.3) is 0 Å². The molecule has 2 heteroatoms. The van der Waals surface area contributed by atoms with E-state index in [-0.39, 0.29) is 11.8 Å². The van der Waals surface area contributed by atoms with Crippen LogP contribution in [-0.4, -0.2) is 0 Å². The number of aryl methyl sites for hydroxylation is 2. The molecule has 82 heavy (non-hydrogen) atoms. The van der Waals surface area contributed by atoms with E-state index in [0.29, 0.717) is 0 Å². The van der Waals surface area contributed by atoms with E-state index in [9.17, 15) is 0 Å². The van der Waals surface area contributed by atoms with Gasteiger partial charge < -0.3 is 9.80 Å². The van der Waals surface area contributed by atoms with E-state index in [1.165, 1.54) is 106 Å². The number of rotatable bonds is 10. The van der Waals surface area contributed by atoms with E-state index < -0.39 is 10.8 Å². The van der Waals surface area contributed by atoms with E-state index in [4.69, 9.17) is 0 Å². The molecule has 11 aromatic carbocycles. The van der Waals surface area contributed by atoms with Gasteiger partial charge in [0.1, 0.15) is 0 Å². The van der Waals surface area contributed by atoms with Gasteiger partial charge in [-0.15, -0.1) is 0 Å². The monoisotopic (exact) mass is 1050 g/mol. The molecule has 0 amide bonds. The highest BCUT2D eigenvalue weighted by atomic mass is 15.2. The number of benzene rings is 11. The normalized spacial score (nSPS) is 16.7. The van der Waals surface area contributed by atoms with Crippen molar-refractivity contribution in [2.24, 2.45) is 5.92 Å². The molecule has 16 rings (SSSR count). The van der Waals surface area contributed by atoms with Crippen molar-refractivity contribution in [3.8, 4) is 22.3 Å². The third-order valence-electron chi connectivity index (χ3n) is 18.4. The van der Waals surface area contributed by atoms with Crippen molar-refractivity contribution in [1.82, 2.24) is 0 Å². The lowest BCUT2D eigenvalue weighted by atomic mass is 9.67. The standard InChI is InChI=1S/C80H58N2/c1-53-21-17-29-61(49-53)81(63-31-19-27-59(51-63)79(57-23-5-3-6-24-57)71-37-13-9-33-65(71)66-34-10-14-38-72(66)79)75-47-43-55-42-46-70-76(48-44-56-41-45-69(75)77(55)78(56)70)82(62-30-18-22-54(2)50-62)64-32-20-28-60(52-64)80(58-25-7-4-8-26-58)73-39-15-11-35-67(73)68-36-12-16-40-74(68)80/h3-52,55,77H,1-2H3. The molecule has 5 aliphatic carbocycles. The zero-order valence-electron chi connectivity index (χ0n) is 45.9. The van der Waals surface area contributed by atoms with E-state index in [1.807, 2.05) is 0 Å². The summed E-state index contributed by atoms with van der Waals surface area (Å²) in [4.78, 5) is 5.06. The molecular weight excluding hydrogens is 989 g/mol. The lowest BCUT2D eigenvalue weighted by Gasteiger charge is -2.41. The average molecular weight is 1050 g/mol. The van der Waals surface area contributed by atoms with Gasteiger partial charge in [-0.1, -0.05) is 243 Å². The maximum Gasteiger partial charge on any atom is 0.0714 e. The smallest absolute Gasteiger partial charge is 0.0714 e. The van der Waals surface area contributed by atoms with Crippen molar-refractivity contribution in [3.63, 3.8) is 0 Å². The fraction of sp³-hybridized carbons (Fsp3) is 0.0750. The van der Waals surface area contributed by atoms with Crippen LogP contribution < -0.4 is 9.80 Å². The van der Waals surface area contributed by atoms with Crippen molar-refractivity contribution in [2.75, 3.05) is 9.80 Å². The van der Waals surface area contributed by atoms with Gasteiger partial charge >= 0.3 is 0 Å². The SMILES string of the molecule is Cc1cccc(N(C2=C3C=Cc4ccc(N(c5cccc(C)c5)c5cccc(C6(c7ccccc7)c7ccccc7-c7ccccc76)c5)c5c4C3C(C=C2)C=C5)c2cccc(C3(c4ccccc4)c4ccccc4-c4ccccc43)c2)c1. The number of hydrogen-bond acceptors (Lipinski definition) is 2. The number of anilines is 5. The molecule has 0 radical (unpaired) electrons.